The Hall–Kier alpha value is -1.01. The summed E-state index contributed by atoms with van der Waals surface area (Å²) in [6.45, 7) is 2.94. The Morgan fingerprint density at radius 2 is 2.47 bits per heavy atom. The van der Waals surface area contributed by atoms with Gasteiger partial charge in [-0.1, -0.05) is 6.92 Å². The summed E-state index contributed by atoms with van der Waals surface area (Å²) in [6, 6.07) is 0.212. The van der Waals surface area contributed by atoms with Crippen molar-refractivity contribution >= 4 is 5.91 Å². The number of nitrogens with one attached hydrogen (secondary N) is 1. The second-order valence-corrected chi connectivity index (χ2v) is 3.99. The number of carbonyl (C=O) groups is 1. The molecule has 1 N–H and O–H groups in total. The predicted octanol–water partition coefficient (Wildman–Crippen LogP) is 0.999. The van der Waals surface area contributed by atoms with Gasteiger partial charge < -0.3 is 10.2 Å². The minimum atomic E-state index is -0.00873. The number of piperidine rings is 1. The summed E-state index contributed by atoms with van der Waals surface area (Å²) in [6.07, 6.45) is 8.93. The van der Waals surface area contributed by atoms with Crippen molar-refractivity contribution in [2.24, 2.45) is 0 Å². The quantitative estimate of drug-likeness (QED) is 0.699. The lowest BCUT2D eigenvalue weighted by Crippen LogP contribution is -2.53. The van der Waals surface area contributed by atoms with E-state index < -0.39 is 0 Å². The summed E-state index contributed by atoms with van der Waals surface area (Å²) in [5.74, 6) is 2.87. The average Bonchev–Trinajstić information content (AvgIpc) is 2.27. The number of likely N-dealkylation sites (tertiary alicyclic amines) is 1. The third-order valence-electron chi connectivity index (χ3n) is 3.09. The molecular weight excluding hydrogens is 188 g/mol. The Kier molecular flexibility index (Phi) is 4.64. The van der Waals surface area contributed by atoms with Crippen molar-refractivity contribution in [1.82, 2.24) is 10.2 Å². The first-order chi connectivity index (χ1) is 7.24. The van der Waals surface area contributed by atoms with Crippen LogP contribution >= 0.6 is 0 Å². The van der Waals surface area contributed by atoms with Crippen LogP contribution in [0.25, 0.3) is 0 Å². The second-order valence-electron chi connectivity index (χ2n) is 3.99. The maximum atomic E-state index is 12.0. The zero-order chi connectivity index (χ0) is 11.3. The predicted molar refractivity (Wildman–Crippen MR) is 61.3 cm³/mol. The number of hydrogen-bond donors (Lipinski definition) is 1. The molecule has 1 rings (SSSR count). The first kappa shape index (κ1) is 12.1. The van der Waals surface area contributed by atoms with E-state index in [-0.39, 0.29) is 18.0 Å². The topological polar surface area (TPSA) is 32.3 Å². The molecule has 3 nitrogen and oxygen atoms in total. The lowest BCUT2D eigenvalue weighted by Gasteiger charge is -2.37. The molecule has 1 fully saturated rings. The third kappa shape index (κ3) is 2.73. The van der Waals surface area contributed by atoms with Crippen molar-refractivity contribution in [3.05, 3.63) is 0 Å². The van der Waals surface area contributed by atoms with Crippen LogP contribution < -0.4 is 5.32 Å². The summed E-state index contributed by atoms with van der Waals surface area (Å²) in [4.78, 5) is 14.0. The van der Waals surface area contributed by atoms with Crippen molar-refractivity contribution in [3.63, 3.8) is 0 Å². The van der Waals surface area contributed by atoms with Gasteiger partial charge in [0.05, 0.1) is 6.04 Å². The molecule has 1 amide bonds. The summed E-state index contributed by atoms with van der Waals surface area (Å²) >= 11 is 0. The van der Waals surface area contributed by atoms with Crippen molar-refractivity contribution in [3.8, 4) is 12.3 Å². The number of hydrogen-bond acceptors (Lipinski definition) is 2. The number of rotatable bonds is 4. The number of amides is 1. The molecule has 0 bridgehead atoms. The molecule has 0 aliphatic carbocycles. The van der Waals surface area contributed by atoms with Gasteiger partial charge in [-0.15, -0.1) is 12.3 Å². The fourth-order valence-electron chi connectivity index (χ4n) is 2.14. The van der Waals surface area contributed by atoms with Crippen molar-refractivity contribution in [2.45, 2.75) is 44.7 Å². The Balaban J connectivity index is 2.67. The monoisotopic (exact) mass is 208 g/mol. The Morgan fingerprint density at radius 1 is 1.73 bits per heavy atom. The smallest absolute Gasteiger partial charge is 0.239 e. The average molecular weight is 208 g/mol. The second kappa shape index (κ2) is 5.77. The SMILES string of the molecule is C#CCC(CC)N1CCCC(NC)C1=O. The fourth-order valence-corrected chi connectivity index (χ4v) is 2.14. The van der Waals surface area contributed by atoms with Gasteiger partial charge in [0.25, 0.3) is 0 Å². The lowest BCUT2D eigenvalue weighted by atomic mass is 10.0. The Morgan fingerprint density at radius 3 is 3.00 bits per heavy atom. The van der Waals surface area contributed by atoms with Crippen LogP contribution in [0, 0.1) is 12.3 Å². The molecule has 0 aromatic heterocycles. The van der Waals surface area contributed by atoms with Gasteiger partial charge in [0, 0.05) is 19.0 Å². The van der Waals surface area contributed by atoms with E-state index in [1.54, 1.807) is 0 Å². The van der Waals surface area contributed by atoms with Crippen LogP contribution in [0.15, 0.2) is 0 Å². The van der Waals surface area contributed by atoms with Crippen molar-refractivity contribution in [1.29, 1.82) is 0 Å². The maximum Gasteiger partial charge on any atom is 0.239 e. The largest absolute Gasteiger partial charge is 0.337 e. The standard InChI is InChI=1S/C12H20N2O/c1-4-7-10(5-2)14-9-6-8-11(13-3)12(14)15/h1,10-11,13H,5-9H2,2-3H3. The number of likely N-dealkylation sites (N-methyl/N-ethyl adjacent to an activating group) is 1. The summed E-state index contributed by atoms with van der Waals surface area (Å²) in [7, 11) is 1.84. The van der Waals surface area contributed by atoms with Crippen LogP contribution in [-0.4, -0.2) is 36.5 Å². The molecule has 2 atom stereocenters. The van der Waals surface area contributed by atoms with E-state index in [2.05, 4.69) is 18.2 Å². The Labute approximate surface area is 92.2 Å². The zero-order valence-electron chi connectivity index (χ0n) is 9.62. The minimum absolute atomic E-state index is 0.00873. The molecule has 0 spiro atoms. The molecule has 84 valence electrons. The van der Waals surface area contributed by atoms with Gasteiger partial charge in [0.2, 0.25) is 5.91 Å². The van der Waals surface area contributed by atoms with Crippen LogP contribution in [0.1, 0.15) is 32.6 Å². The molecular formula is C12H20N2O. The molecule has 1 aliphatic heterocycles. The third-order valence-corrected chi connectivity index (χ3v) is 3.09. The van der Waals surface area contributed by atoms with E-state index in [1.165, 1.54) is 0 Å². The molecule has 0 radical (unpaired) electrons. The minimum Gasteiger partial charge on any atom is -0.337 e. The van der Waals surface area contributed by atoms with E-state index in [9.17, 15) is 4.79 Å². The van der Waals surface area contributed by atoms with Crippen LogP contribution in [-0.2, 0) is 4.79 Å². The van der Waals surface area contributed by atoms with Gasteiger partial charge in [-0.05, 0) is 26.3 Å². The van der Waals surface area contributed by atoms with Gasteiger partial charge in [-0.2, -0.15) is 0 Å². The first-order valence-electron chi connectivity index (χ1n) is 5.65. The van der Waals surface area contributed by atoms with Gasteiger partial charge >= 0.3 is 0 Å². The van der Waals surface area contributed by atoms with Crippen molar-refractivity contribution in [2.75, 3.05) is 13.6 Å². The highest BCUT2D eigenvalue weighted by atomic mass is 16.2. The lowest BCUT2D eigenvalue weighted by molar-refractivity contribution is -0.138. The summed E-state index contributed by atoms with van der Waals surface area (Å²) < 4.78 is 0. The van der Waals surface area contributed by atoms with Crippen LogP contribution in [0.2, 0.25) is 0 Å². The normalized spacial score (nSPS) is 23.7. The zero-order valence-corrected chi connectivity index (χ0v) is 9.62. The van der Waals surface area contributed by atoms with E-state index in [0.29, 0.717) is 6.42 Å². The van der Waals surface area contributed by atoms with Gasteiger partial charge in [-0.3, -0.25) is 4.79 Å². The highest BCUT2D eigenvalue weighted by Gasteiger charge is 2.30. The fraction of sp³-hybridized carbons (Fsp3) is 0.750. The molecule has 0 aromatic carbocycles. The van der Waals surface area contributed by atoms with E-state index in [4.69, 9.17) is 6.42 Å². The highest BCUT2D eigenvalue weighted by Crippen LogP contribution is 2.17. The van der Waals surface area contributed by atoms with E-state index in [1.807, 2.05) is 11.9 Å². The van der Waals surface area contributed by atoms with Gasteiger partial charge in [0.15, 0.2) is 0 Å². The Bertz CT molecular complexity index is 257. The molecule has 0 aromatic rings. The molecule has 1 saturated heterocycles. The molecule has 1 aliphatic rings. The van der Waals surface area contributed by atoms with E-state index in [0.717, 1.165) is 25.8 Å². The number of carbonyl (C=O) groups excluding carboxylic acids is 1. The van der Waals surface area contributed by atoms with Crippen LogP contribution in [0.3, 0.4) is 0 Å². The van der Waals surface area contributed by atoms with Crippen molar-refractivity contribution < 1.29 is 4.79 Å². The maximum absolute atomic E-state index is 12.0. The van der Waals surface area contributed by atoms with Crippen LogP contribution in [0.5, 0.6) is 0 Å². The highest BCUT2D eigenvalue weighted by molar-refractivity contribution is 5.82. The van der Waals surface area contributed by atoms with Gasteiger partial charge in [-0.25, -0.2) is 0 Å². The van der Waals surface area contributed by atoms with E-state index >= 15 is 0 Å². The summed E-state index contributed by atoms with van der Waals surface area (Å²) in [5, 5.41) is 3.06. The molecule has 2 unspecified atom stereocenters. The number of nitrogens with zero attached hydrogens (tertiary/aromatic N) is 1. The van der Waals surface area contributed by atoms with Gasteiger partial charge in [0.1, 0.15) is 0 Å². The number of terminal acetylenes is 1. The molecule has 15 heavy (non-hydrogen) atoms. The first-order valence-corrected chi connectivity index (χ1v) is 5.65. The molecule has 3 heteroatoms. The molecule has 1 heterocycles. The molecule has 0 saturated carbocycles. The van der Waals surface area contributed by atoms with Crippen LogP contribution in [0.4, 0.5) is 0 Å². The summed E-state index contributed by atoms with van der Waals surface area (Å²) in [5.41, 5.74) is 0.